The van der Waals surface area contributed by atoms with Gasteiger partial charge >= 0.3 is 5.97 Å². The number of fused-ring (bicyclic) bond motifs is 2. The van der Waals surface area contributed by atoms with Crippen LogP contribution >= 0.6 is 0 Å². The molecule has 3 aromatic rings. The highest BCUT2D eigenvalue weighted by Crippen LogP contribution is 2.33. The molecule has 0 saturated carbocycles. The minimum absolute atomic E-state index is 0.249. The topological polar surface area (TPSA) is 68.2 Å². The van der Waals surface area contributed by atoms with E-state index >= 15 is 0 Å². The zero-order valence-corrected chi connectivity index (χ0v) is 12.5. The van der Waals surface area contributed by atoms with Crippen molar-refractivity contribution in [1.82, 2.24) is 9.55 Å². The van der Waals surface area contributed by atoms with E-state index in [0.717, 1.165) is 33.9 Å². The van der Waals surface area contributed by atoms with E-state index in [9.17, 15) is 4.79 Å². The van der Waals surface area contributed by atoms with Crippen molar-refractivity contribution in [3.8, 4) is 5.69 Å². The number of para-hydroxylation sites is 2. The maximum absolute atomic E-state index is 12.1. The molecule has 1 aliphatic heterocycles. The summed E-state index contributed by atoms with van der Waals surface area (Å²) in [6.45, 7) is 3.85. The van der Waals surface area contributed by atoms with Gasteiger partial charge in [0.2, 0.25) is 5.82 Å². The molecule has 23 heavy (non-hydrogen) atoms. The SMILES string of the molecule is C=C1Nc2ccc(-n3c(C(=O)OC)nc4ccccc43)cc2N1. The Morgan fingerprint density at radius 3 is 2.78 bits per heavy atom. The molecular weight excluding hydrogens is 292 g/mol. The number of aromatic nitrogens is 2. The number of ether oxygens (including phenoxy) is 1. The molecule has 2 N–H and O–H groups in total. The van der Waals surface area contributed by atoms with Crippen LogP contribution in [0.2, 0.25) is 0 Å². The lowest BCUT2D eigenvalue weighted by molar-refractivity contribution is 0.0585. The van der Waals surface area contributed by atoms with Crippen LogP contribution in [0.15, 0.2) is 54.9 Å². The summed E-state index contributed by atoms with van der Waals surface area (Å²) in [5.41, 5.74) is 4.26. The van der Waals surface area contributed by atoms with E-state index in [2.05, 4.69) is 22.2 Å². The number of imidazole rings is 1. The van der Waals surface area contributed by atoms with Gasteiger partial charge in [0, 0.05) is 0 Å². The van der Waals surface area contributed by atoms with Crippen LogP contribution in [-0.2, 0) is 4.74 Å². The number of nitrogens with zero attached hydrogens (tertiary/aromatic N) is 2. The summed E-state index contributed by atoms with van der Waals surface area (Å²) >= 11 is 0. The summed E-state index contributed by atoms with van der Waals surface area (Å²) in [6.07, 6.45) is 0. The molecule has 114 valence electrons. The first kappa shape index (κ1) is 13.4. The van der Waals surface area contributed by atoms with Gasteiger partial charge in [-0.05, 0) is 30.3 Å². The Bertz CT molecular complexity index is 958. The monoisotopic (exact) mass is 306 g/mol. The zero-order valence-electron chi connectivity index (χ0n) is 12.5. The molecule has 0 bridgehead atoms. The number of carbonyl (C=O) groups is 1. The molecule has 2 aromatic carbocycles. The van der Waals surface area contributed by atoms with Gasteiger partial charge in [-0.15, -0.1) is 0 Å². The standard InChI is InChI=1S/C17H14N4O2/c1-10-18-12-8-7-11(9-14(12)19-10)21-15-6-4-3-5-13(15)20-16(21)17(22)23-2/h3-9,18-19H,1H2,2H3. The zero-order chi connectivity index (χ0) is 16.0. The molecule has 6 heteroatoms. The normalized spacial score (nSPS) is 12.7. The molecule has 6 nitrogen and oxygen atoms in total. The third kappa shape index (κ3) is 2.03. The van der Waals surface area contributed by atoms with E-state index < -0.39 is 5.97 Å². The Hall–Kier alpha value is -3.28. The summed E-state index contributed by atoms with van der Waals surface area (Å²) < 4.78 is 6.67. The molecule has 0 spiro atoms. The third-order valence-electron chi connectivity index (χ3n) is 3.76. The molecule has 0 saturated heterocycles. The first-order valence-electron chi connectivity index (χ1n) is 7.10. The summed E-state index contributed by atoms with van der Waals surface area (Å²) in [4.78, 5) is 16.5. The number of benzene rings is 2. The highest BCUT2D eigenvalue weighted by molar-refractivity contribution is 5.93. The molecular formula is C17H14N4O2. The lowest BCUT2D eigenvalue weighted by Crippen LogP contribution is -2.10. The van der Waals surface area contributed by atoms with Crippen LogP contribution in [0.25, 0.3) is 16.7 Å². The predicted octanol–water partition coefficient (Wildman–Crippen LogP) is 3.12. The number of carbonyl (C=O) groups excluding carboxylic acids is 1. The van der Waals surface area contributed by atoms with Gasteiger partial charge in [-0.1, -0.05) is 18.7 Å². The minimum atomic E-state index is -0.475. The van der Waals surface area contributed by atoms with E-state index in [-0.39, 0.29) is 5.82 Å². The molecule has 1 aromatic heterocycles. The number of anilines is 2. The highest BCUT2D eigenvalue weighted by atomic mass is 16.5. The van der Waals surface area contributed by atoms with Crippen molar-refractivity contribution >= 4 is 28.4 Å². The number of esters is 1. The maximum atomic E-state index is 12.1. The summed E-state index contributed by atoms with van der Waals surface area (Å²) in [5, 5.41) is 6.29. The van der Waals surface area contributed by atoms with Crippen molar-refractivity contribution in [3.63, 3.8) is 0 Å². The van der Waals surface area contributed by atoms with Gasteiger partial charge in [-0.2, -0.15) is 0 Å². The number of hydrogen-bond donors (Lipinski definition) is 2. The van der Waals surface area contributed by atoms with Crippen molar-refractivity contribution in [2.75, 3.05) is 17.7 Å². The fraction of sp³-hybridized carbons (Fsp3) is 0.0588. The number of rotatable bonds is 2. The molecule has 2 heterocycles. The molecule has 0 unspecified atom stereocenters. The van der Waals surface area contributed by atoms with Crippen LogP contribution in [0.5, 0.6) is 0 Å². The highest BCUT2D eigenvalue weighted by Gasteiger charge is 2.21. The fourth-order valence-corrected chi connectivity index (χ4v) is 2.76. The van der Waals surface area contributed by atoms with Gasteiger partial charge in [0.05, 0.1) is 35.2 Å². The number of hydrogen-bond acceptors (Lipinski definition) is 5. The summed E-state index contributed by atoms with van der Waals surface area (Å²) in [6, 6.07) is 13.4. The molecule has 0 atom stereocenters. The predicted molar refractivity (Wildman–Crippen MR) is 88.8 cm³/mol. The average molecular weight is 306 g/mol. The summed E-state index contributed by atoms with van der Waals surface area (Å²) in [7, 11) is 1.35. The fourth-order valence-electron chi connectivity index (χ4n) is 2.76. The van der Waals surface area contributed by atoms with E-state index in [0.29, 0.717) is 0 Å². The number of methoxy groups -OCH3 is 1. The second-order valence-corrected chi connectivity index (χ2v) is 5.21. The van der Waals surface area contributed by atoms with Crippen molar-refractivity contribution in [2.45, 2.75) is 0 Å². The van der Waals surface area contributed by atoms with E-state index in [1.54, 1.807) is 4.57 Å². The van der Waals surface area contributed by atoms with Gasteiger partial charge in [0.15, 0.2) is 0 Å². The van der Waals surface area contributed by atoms with E-state index in [1.165, 1.54) is 7.11 Å². The molecule has 0 aliphatic carbocycles. The Morgan fingerprint density at radius 2 is 1.96 bits per heavy atom. The molecule has 0 fully saturated rings. The summed E-state index contributed by atoms with van der Waals surface area (Å²) in [5.74, 6) is 0.497. The first-order chi connectivity index (χ1) is 11.2. The average Bonchev–Trinajstić information content (AvgIpc) is 3.12. The Kier molecular flexibility index (Phi) is 2.84. The van der Waals surface area contributed by atoms with Crippen LogP contribution in [0.4, 0.5) is 11.4 Å². The first-order valence-corrected chi connectivity index (χ1v) is 7.10. The van der Waals surface area contributed by atoms with Crippen molar-refractivity contribution < 1.29 is 9.53 Å². The molecule has 0 amide bonds. The van der Waals surface area contributed by atoms with Gasteiger partial charge in [-0.3, -0.25) is 4.57 Å². The Labute approximate surface area is 132 Å². The van der Waals surface area contributed by atoms with Crippen molar-refractivity contribution in [2.24, 2.45) is 0 Å². The second-order valence-electron chi connectivity index (χ2n) is 5.21. The Balaban J connectivity index is 1.96. The van der Waals surface area contributed by atoms with E-state index in [1.807, 2.05) is 42.5 Å². The number of nitrogens with one attached hydrogen (secondary N) is 2. The van der Waals surface area contributed by atoms with Crippen LogP contribution in [-0.4, -0.2) is 22.6 Å². The van der Waals surface area contributed by atoms with Crippen molar-refractivity contribution in [3.05, 3.63) is 60.7 Å². The van der Waals surface area contributed by atoms with Crippen LogP contribution in [0.3, 0.4) is 0 Å². The lowest BCUT2D eigenvalue weighted by Gasteiger charge is -2.09. The van der Waals surface area contributed by atoms with Gasteiger partial charge in [-0.25, -0.2) is 9.78 Å². The van der Waals surface area contributed by atoms with Gasteiger partial charge in [0.25, 0.3) is 0 Å². The van der Waals surface area contributed by atoms with Crippen LogP contribution in [0.1, 0.15) is 10.6 Å². The molecule has 0 radical (unpaired) electrons. The van der Waals surface area contributed by atoms with Crippen molar-refractivity contribution in [1.29, 1.82) is 0 Å². The second kappa shape index (κ2) is 4.88. The smallest absolute Gasteiger partial charge is 0.374 e. The van der Waals surface area contributed by atoms with Gasteiger partial charge < -0.3 is 15.4 Å². The molecule has 4 rings (SSSR count). The minimum Gasteiger partial charge on any atom is -0.463 e. The molecule has 1 aliphatic rings. The van der Waals surface area contributed by atoms with Crippen LogP contribution in [0, 0.1) is 0 Å². The van der Waals surface area contributed by atoms with Gasteiger partial charge in [0.1, 0.15) is 5.82 Å². The third-order valence-corrected chi connectivity index (χ3v) is 3.76. The van der Waals surface area contributed by atoms with Crippen LogP contribution < -0.4 is 10.6 Å². The Morgan fingerprint density at radius 1 is 1.17 bits per heavy atom. The largest absolute Gasteiger partial charge is 0.463 e. The van der Waals surface area contributed by atoms with E-state index in [4.69, 9.17) is 4.74 Å². The maximum Gasteiger partial charge on any atom is 0.374 e. The quantitative estimate of drug-likeness (QED) is 0.712. The lowest BCUT2D eigenvalue weighted by atomic mass is 10.2.